The smallest absolute Gasteiger partial charge is 0.271 e. The molecule has 8 heteroatoms. The zero-order chi connectivity index (χ0) is 17.9. The second-order valence-corrected chi connectivity index (χ2v) is 5.68. The molecule has 0 heterocycles. The summed E-state index contributed by atoms with van der Waals surface area (Å²) >= 11 is 12.0. The van der Waals surface area contributed by atoms with Gasteiger partial charge in [0.05, 0.1) is 10.7 Å². The van der Waals surface area contributed by atoms with Crippen molar-refractivity contribution < 1.29 is 20.1 Å². The first-order valence-corrected chi connectivity index (χ1v) is 7.66. The molecule has 6 nitrogen and oxygen atoms in total. The summed E-state index contributed by atoms with van der Waals surface area (Å²) in [6.45, 7) is 1.84. The third-order valence-electron chi connectivity index (χ3n) is 3.20. The summed E-state index contributed by atoms with van der Waals surface area (Å²) in [5.41, 5.74) is 3.40. The molecule has 4 N–H and O–H groups in total. The lowest BCUT2D eigenvalue weighted by molar-refractivity contribution is 0.0954. The van der Waals surface area contributed by atoms with Gasteiger partial charge in [-0.3, -0.25) is 4.79 Å². The molecule has 0 fully saturated rings. The van der Waals surface area contributed by atoms with Gasteiger partial charge in [0.2, 0.25) is 0 Å². The highest BCUT2D eigenvalue weighted by Gasteiger charge is 2.14. The summed E-state index contributed by atoms with van der Waals surface area (Å²) in [4.78, 5) is 12.1. The number of hydrogen-bond donors (Lipinski definition) is 4. The fraction of sp³-hybridized carbons (Fsp3) is 0.125. The molecular weight excluding hydrogens is 355 g/mol. The molecule has 0 spiro atoms. The van der Waals surface area contributed by atoms with Crippen LogP contribution in [-0.2, 0) is 0 Å². The largest absolute Gasteiger partial charge is 0.504 e. The minimum absolute atomic E-state index is 0.0655. The van der Waals surface area contributed by atoms with Crippen LogP contribution in [0.15, 0.2) is 35.4 Å². The third-order valence-corrected chi connectivity index (χ3v) is 3.75. The van der Waals surface area contributed by atoms with Crippen LogP contribution in [0.25, 0.3) is 0 Å². The summed E-state index contributed by atoms with van der Waals surface area (Å²) in [6, 6.07) is 6.95. The normalized spacial score (nSPS) is 11.4. The van der Waals surface area contributed by atoms with Gasteiger partial charge in [0, 0.05) is 16.1 Å². The first kappa shape index (κ1) is 17.9. The molecule has 0 aliphatic rings. The second-order valence-electron chi connectivity index (χ2n) is 4.84. The van der Waals surface area contributed by atoms with Gasteiger partial charge in [0.1, 0.15) is 0 Å². The second kappa shape index (κ2) is 7.42. The molecule has 0 aromatic heterocycles. The van der Waals surface area contributed by atoms with Crippen LogP contribution in [0.3, 0.4) is 0 Å². The highest BCUT2D eigenvalue weighted by atomic mass is 35.5. The van der Waals surface area contributed by atoms with Gasteiger partial charge in [-0.2, -0.15) is 5.10 Å². The summed E-state index contributed by atoms with van der Waals surface area (Å²) in [6.07, 6.45) is 0.494. The average molecular weight is 369 g/mol. The fourth-order valence-electron chi connectivity index (χ4n) is 1.97. The Hall–Kier alpha value is -2.44. The molecule has 0 saturated heterocycles. The van der Waals surface area contributed by atoms with Crippen molar-refractivity contribution in [2.45, 2.75) is 13.3 Å². The van der Waals surface area contributed by atoms with Crippen LogP contribution in [0.2, 0.25) is 10.0 Å². The Labute approximate surface area is 148 Å². The van der Waals surface area contributed by atoms with Crippen LogP contribution in [0.5, 0.6) is 17.2 Å². The number of nitrogens with one attached hydrogen (secondary N) is 1. The van der Waals surface area contributed by atoms with Crippen LogP contribution in [-0.4, -0.2) is 26.9 Å². The maximum atomic E-state index is 12.1. The highest BCUT2D eigenvalue weighted by Crippen LogP contribution is 2.35. The molecule has 24 heavy (non-hydrogen) atoms. The Morgan fingerprint density at radius 2 is 1.75 bits per heavy atom. The van der Waals surface area contributed by atoms with Gasteiger partial charge in [-0.15, -0.1) is 0 Å². The number of phenols is 3. The van der Waals surface area contributed by atoms with Crippen LogP contribution < -0.4 is 5.43 Å². The van der Waals surface area contributed by atoms with Crippen LogP contribution in [0, 0.1) is 0 Å². The molecule has 0 atom stereocenters. The van der Waals surface area contributed by atoms with E-state index in [-0.39, 0.29) is 5.56 Å². The van der Waals surface area contributed by atoms with Crippen molar-refractivity contribution in [2.24, 2.45) is 5.10 Å². The summed E-state index contributed by atoms with van der Waals surface area (Å²) < 4.78 is 0. The standard InChI is InChI=1S/C16H14Cl2N2O4/c1-2-12(10-4-3-9(17)7-11(10)18)19-20-16(24)8-5-13(21)15(23)14(22)6-8/h3-7,21-23H,2H2,1H3,(H,20,24). The van der Waals surface area contributed by atoms with E-state index in [4.69, 9.17) is 23.2 Å². The number of hydrazone groups is 1. The number of nitrogens with zero attached hydrogens (tertiary/aromatic N) is 1. The molecular formula is C16H14Cl2N2O4. The number of halogens is 2. The molecule has 0 aliphatic carbocycles. The molecule has 0 saturated carbocycles. The highest BCUT2D eigenvalue weighted by molar-refractivity contribution is 6.37. The van der Waals surface area contributed by atoms with E-state index in [2.05, 4.69) is 10.5 Å². The van der Waals surface area contributed by atoms with Crippen molar-refractivity contribution in [3.8, 4) is 17.2 Å². The average Bonchev–Trinajstić information content (AvgIpc) is 2.53. The van der Waals surface area contributed by atoms with Gasteiger partial charge in [0.25, 0.3) is 5.91 Å². The monoisotopic (exact) mass is 368 g/mol. The summed E-state index contributed by atoms with van der Waals surface area (Å²) in [5, 5.41) is 33.1. The number of carbonyl (C=O) groups is 1. The molecule has 2 rings (SSSR count). The number of aromatic hydroxyl groups is 3. The topological polar surface area (TPSA) is 102 Å². The number of rotatable bonds is 4. The molecule has 0 radical (unpaired) electrons. The number of hydrogen-bond acceptors (Lipinski definition) is 5. The van der Waals surface area contributed by atoms with Gasteiger partial charge in [0.15, 0.2) is 17.2 Å². The van der Waals surface area contributed by atoms with Gasteiger partial charge in [-0.25, -0.2) is 5.43 Å². The Morgan fingerprint density at radius 1 is 1.12 bits per heavy atom. The molecule has 0 bridgehead atoms. The van der Waals surface area contributed by atoms with Gasteiger partial charge in [-0.1, -0.05) is 36.2 Å². The van der Waals surface area contributed by atoms with Crippen LogP contribution in [0.4, 0.5) is 0 Å². The van der Waals surface area contributed by atoms with E-state index in [1.165, 1.54) is 0 Å². The lowest BCUT2D eigenvalue weighted by Crippen LogP contribution is -2.20. The predicted molar refractivity (Wildman–Crippen MR) is 92.2 cm³/mol. The van der Waals surface area contributed by atoms with Crippen molar-refractivity contribution in [1.82, 2.24) is 5.43 Å². The Kier molecular flexibility index (Phi) is 5.54. The lowest BCUT2D eigenvalue weighted by Gasteiger charge is -2.08. The van der Waals surface area contributed by atoms with E-state index in [0.29, 0.717) is 27.7 Å². The van der Waals surface area contributed by atoms with E-state index in [9.17, 15) is 20.1 Å². The zero-order valence-corrected chi connectivity index (χ0v) is 14.1. The maximum Gasteiger partial charge on any atom is 0.271 e. The Balaban J connectivity index is 2.25. The van der Waals surface area contributed by atoms with Crippen LogP contribution >= 0.6 is 23.2 Å². The van der Waals surface area contributed by atoms with E-state index in [0.717, 1.165) is 12.1 Å². The van der Waals surface area contributed by atoms with Crippen molar-refractivity contribution in [3.63, 3.8) is 0 Å². The minimum atomic E-state index is -0.697. The molecule has 1 amide bonds. The first-order chi connectivity index (χ1) is 11.3. The van der Waals surface area contributed by atoms with Crippen molar-refractivity contribution in [2.75, 3.05) is 0 Å². The third kappa shape index (κ3) is 3.90. The van der Waals surface area contributed by atoms with E-state index >= 15 is 0 Å². The van der Waals surface area contributed by atoms with Gasteiger partial charge >= 0.3 is 0 Å². The summed E-state index contributed by atoms with van der Waals surface area (Å²) in [7, 11) is 0. The quantitative estimate of drug-likeness (QED) is 0.375. The predicted octanol–water partition coefficient (Wildman–Crippen LogP) is 3.65. The minimum Gasteiger partial charge on any atom is -0.504 e. The van der Waals surface area contributed by atoms with Crippen molar-refractivity contribution in [1.29, 1.82) is 0 Å². The van der Waals surface area contributed by atoms with Gasteiger partial charge < -0.3 is 15.3 Å². The first-order valence-electron chi connectivity index (χ1n) is 6.90. The SMILES string of the molecule is CCC(=NNC(=O)c1cc(O)c(O)c(O)c1)c1ccc(Cl)cc1Cl. The van der Waals surface area contributed by atoms with Gasteiger partial charge in [-0.05, 0) is 30.7 Å². The lowest BCUT2D eigenvalue weighted by atomic mass is 10.1. The van der Waals surface area contributed by atoms with Crippen LogP contribution in [0.1, 0.15) is 29.3 Å². The number of carbonyl (C=O) groups excluding carboxylic acids is 1. The molecule has 2 aromatic carbocycles. The molecule has 0 unspecified atom stereocenters. The number of amides is 1. The molecule has 0 aliphatic heterocycles. The fourth-order valence-corrected chi connectivity index (χ4v) is 2.49. The van der Waals surface area contributed by atoms with Crippen molar-refractivity contribution >= 4 is 34.8 Å². The number of phenolic OH excluding ortho intramolecular Hbond substituents is 3. The summed E-state index contributed by atoms with van der Waals surface area (Å²) in [5.74, 6) is -2.59. The zero-order valence-electron chi connectivity index (χ0n) is 12.5. The van der Waals surface area contributed by atoms with Crippen molar-refractivity contribution in [3.05, 3.63) is 51.5 Å². The van der Waals surface area contributed by atoms with E-state index in [1.807, 2.05) is 6.92 Å². The number of benzene rings is 2. The molecule has 126 valence electrons. The maximum absolute atomic E-state index is 12.1. The molecule has 2 aromatic rings. The Morgan fingerprint density at radius 3 is 2.29 bits per heavy atom. The Bertz CT molecular complexity index is 799. The van der Waals surface area contributed by atoms with E-state index in [1.54, 1.807) is 18.2 Å². The van der Waals surface area contributed by atoms with E-state index < -0.39 is 23.2 Å².